The van der Waals surface area contributed by atoms with Crippen molar-refractivity contribution in [3.05, 3.63) is 0 Å². The smallest absolute Gasteiger partial charge is 0.0701 e. The van der Waals surface area contributed by atoms with Crippen molar-refractivity contribution in [3.63, 3.8) is 0 Å². The number of hydrogen-bond acceptors (Lipinski definition) is 3. The van der Waals surface area contributed by atoms with Crippen molar-refractivity contribution in [2.24, 2.45) is 10.8 Å². The van der Waals surface area contributed by atoms with Gasteiger partial charge < -0.3 is 14.4 Å². The van der Waals surface area contributed by atoms with Gasteiger partial charge in [0.15, 0.2) is 0 Å². The van der Waals surface area contributed by atoms with Crippen LogP contribution in [0.4, 0.5) is 0 Å². The minimum atomic E-state index is 0.448. The van der Waals surface area contributed by atoms with E-state index in [1.807, 2.05) is 0 Å². The Hall–Kier alpha value is -0.120. The first-order valence-electron chi connectivity index (χ1n) is 16.2. The molecule has 2 atom stereocenters. The van der Waals surface area contributed by atoms with E-state index in [1.165, 1.54) is 122 Å². The van der Waals surface area contributed by atoms with Crippen molar-refractivity contribution in [1.82, 2.24) is 4.90 Å². The summed E-state index contributed by atoms with van der Waals surface area (Å²) < 4.78 is 11.9. The summed E-state index contributed by atoms with van der Waals surface area (Å²) in [6, 6.07) is 0. The first-order valence-corrected chi connectivity index (χ1v) is 16.2. The molecule has 0 aromatic heterocycles. The van der Waals surface area contributed by atoms with Crippen LogP contribution >= 0.6 is 0 Å². The zero-order valence-corrected chi connectivity index (χ0v) is 26.2. The van der Waals surface area contributed by atoms with Crippen LogP contribution in [0.2, 0.25) is 0 Å². The van der Waals surface area contributed by atoms with Crippen LogP contribution in [0.25, 0.3) is 0 Å². The molecule has 218 valence electrons. The van der Waals surface area contributed by atoms with E-state index in [0.717, 1.165) is 33.0 Å². The molecule has 2 unspecified atom stereocenters. The standard InChI is InChI=1S/C33H69NO2/c1-8-12-16-18-23-32(5,21-14-10-3)25-20-27-35-29-30-36-28-26-34(7)31-33(6,22-15-11-4)24-19-17-13-9-2/h8-31H2,1-7H3. The Balaban J connectivity index is 4.03. The Labute approximate surface area is 228 Å². The summed E-state index contributed by atoms with van der Waals surface area (Å²) in [4.78, 5) is 2.49. The average Bonchev–Trinajstić information content (AvgIpc) is 2.86. The van der Waals surface area contributed by atoms with Crippen LogP contribution in [-0.2, 0) is 9.47 Å². The molecule has 36 heavy (non-hydrogen) atoms. The minimum absolute atomic E-state index is 0.448. The van der Waals surface area contributed by atoms with Crippen LogP contribution in [0.3, 0.4) is 0 Å². The molecule has 0 aliphatic heterocycles. The highest BCUT2D eigenvalue weighted by atomic mass is 16.5. The van der Waals surface area contributed by atoms with E-state index in [9.17, 15) is 0 Å². The van der Waals surface area contributed by atoms with Gasteiger partial charge in [0.25, 0.3) is 0 Å². The molecule has 3 nitrogen and oxygen atoms in total. The fourth-order valence-electron chi connectivity index (χ4n) is 5.70. The van der Waals surface area contributed by atoms with Crippen LogP contribution < -0.4 is 0 Å². The third-order valence-corrected chi connectivity index (χ3v) is 8.25. The number of likely N-dealkylation sites (N-methyl/N-ethyl adjacent to an activating group) is 1. The highest BCUT2D eigenvalue weighted by Crippen LogP contribution is 2.36. The number of ether oxygens (including phenoxy) is 2. The molecule has 0 rings (SSSR count). The summed E-state index contributed by atoms with van der Waals surface area (Å²) in [5, 5.41) is 0. The van der Waals surface area contributed by atoms with E-state index in [1.54, 1.807) is 0 Å². The molecule has 0 aliphatic rings. The largest absolute Gasteiger partial charge is 0.379 e. The van der Waals surface area contributed by atoms with E-state index in [2.05, 4.69) is 53.5 Å². The molecule has 0 heterocycles. The molecule has 0 amide bonds. The van der Waals surface area contributed by atoms with Gasteiger partial charge in [-0.15, -0.1) is 0 Å². The molecule has 0 spiro atoms. The van der Waals surface area contributed by atoms with Gasteiger partial charge in [0.05, 0.1) is 19.8 Å². The molecule has 0 N–H and O–H groups in total. The Morgan fingerprint density at radius 1 is 0.472 bits per heavy atom. The maximum absolute atomic E-state index is 5.93. The zero-order valence-electron chi connectivity index (χ0n) is 26.2. The van der Waals surface area contributed by atoms with Gasteiger partial charge in [-0.3, -0.25) is 0 Å². The van der Waals surface area contributed by atoms with Crippen molar-refractivity contribution >= 4 is 0 Å². The summed E-state index contributed by atoms with van der Waals surface area (Å²) in [5.74, 6) is 0. The highest BCUT2D eigenvalue weighted by Gasteiger charge is 2.25. The zero-order chi connectivity index (χ0) is 27.0. The van der Waals surface area contributed by atoms with Crippen LogP contribution in [0.5, 0.6) is 0 Å². The van der Waals surface area contributed by atoms with Crippen molar-refractivity contribution in [3.8, 4) is 0 Å². The van der Waals surface area contributed by atoms with E-state index < -0.39 is 0 Å². The predicted octanol–water partition coefficient (Wildman–Crippen LogP) is 10.1. The second kappa shape index (κ2) is 24.0. The second-order valence-electron chi connectivity index (χ2n) is 12.5. The Morgan fingerprint density at radius 2 is 0.917 bits per heavy atom. The van der Waals surface area contributed by atoms with E-state index in [0.29, 0.717) is 10.8 Å². The minimum Gasteiger partial charge on any atom is -0.379 e. The molecular weight excluding hydrogens is 442 g/mol. The summed E-state index contributed by atoms with van der Waals surface area (Å²) in [6.07, 6.45) is 24.3. The maximum Gasteiger partial charge on any atom is 0.0701 e. The van der Waals surface area contributed by atoms with E-state index in [-0.39, 0.29) is 0 Å². The lowest BCUT2D eigenvalue weighted by atomic mass is 9.76. The fourth-order valence-corrected chi connectivity index (χ4v) is 5.70. The molecule has 0 aromatic rings. The van der Waals surface area contributed by atoms with Crippen molar-refractivity contribution in [2.45, 2.75) is 157 Å². The van der Waals surface area contributed by atoms with Crippen LogP contribution in [-0.4, -0.2) is 51.5 Å². The number of nitrogens with zero attached hydrogens (tertiary/aromatic N) is 1. The van der Waals surface area contributed by atoms with Gasteiger partial charge in [-0.1, -0.05) is 119 Å². The fraction of sp³-hybridized carbons (Fsp3) is 1.00. The van der Waals surface area contributed by atoms with Crippen LogP contribution in [0.1, 0.15) is 157 Å². The monoisotopic (exact) mass is 512 g/mol. The van der Waals surface area contributed by atoms with Gasteiger partial charge >= 0.3 is 0 Å². The third kappa shape index (κ3) is 20.9. The summed E-state index contributed by atoms with van der Waals surface area (Å²) in [7, 11) is 2.27. The Kier molecular flexibility index (Phi) is 23.9. The Morgan fingerprint density at radius 3 is 1.47 bits per heavy atom. The highest BCUT2D eigenvalue weighted by molar-refractivity contribution is 4.78. The van der Waals surface area contributed by atoms with Crippen LogP contribution in [0, 0.1) is 10.8 Å². The molecule has 0 aromatic carbocycles. The normalized spacial score (nSPS) is 15.3. The summed E-state index contributed by atoms with van der Waals surface area (Å²) in [5.41, 5.74) is 0.957. The number of rotatable bonds is 28. The second-order valence-corrected chi connectivity index (χ2v) is 12.5. The predicted molar refractivity (Wildman–Crippen MR) is 161 cm³/mol. The van der Waals surface area contributed by atoms with Crippen molar-refractivity contribution < 1.29 is 9.47 Å². The molecule has 0 fully saturated rings. The first kappa shape index (κ1) is 35.9. The van der Waals surface area contributed by atoms with Gasteiger partial charge in [-0.2, -0.15) is 0 Å². The average molecular weight is 512 g/mol. The van der Waals surface area contributed by atoms with Gasteiger partial charge in [0.1, 0.15) is 0 Å². The van der Waals surface area contributed by atoms with Crippen molar-refractivity contribution in [1.29, 1.82) is 0 Å². The quantitative estimate of drug-likeness (QED) is 0.0975. The lowest BCUT2D eigenvalue weighted by Crippen LogP contribution is -2.35. The third-order valence-electron chi connectivity index (χ3n) is 8.25. The number of hydrogen-bond donors (Lipinski definition) is 0. The SMILES string of the molecule is CCCCCCC(C)(CCCC)CCCOCCOCCN(C)CC(C)(CCCC)CCCCCC. The maximum atomic E-state index is 5.93. The molecule has 0 saturated heterocycles. The molecule has 0 bridgehead atoms. The van der Waals surface area contributed by atoms with E-state index in [4.69, 9.17) is 9.47 Å². The van der Waals surface area contributed by atoms with E-state index >= 15 is 0 Å². The lowest BCUT2D eigenvalue weighted by molar-refractivity contribution is 0.0323. The number of unbranched alkanes of at least 4 members (excludes halogenated alkanes) is 8. The lowest BCUT2D eigenvalue weighted by Gasteiger charge is -2.34. The van der Waals surface area contributed by atoms with Gasteiger partial charge in [-0.25, -0.2) is 0 Å². The van der Waals surface area contributed by atoms with Gasteiger partial charge in [-0.05, 0) is 56.4 Å². The van der Waals surface area contributed by atoms with Gasteiger partial charge in [0.2, 0.25) is 0 Å². The molecule has 0 saturated carbocycles. The molecular formula is C33H69NO2. The summed E-state index contributed by atoms with van der Waals surface area (Å²) >= 11 is 0. The van der Waals surface area contributed by atoms with Crippen LogP contribution in [0.15, 0.2) is 0 Å². The Bertz CT molecular complexity index is 457. The molecule has 3 heteroatoms. The van der Waals surface area contributed by atoms with Gasteiger partial charge in [0, 0.05) is 19.7 Å². The topological polar surface area (TPSA) is 21.7 Å². The first-order chi connectivity index (χ1) is 17.3. The molecule has 0 aliphatic carbocycles. The summed E-state index contributed by atoms with van der Waals surface area (Å²) in [6.45, 7) is 19.6. The molecule has 0 radical (unpaired) electrons. The van der Waals surface area contributed by atoms with Crippen molar-refractivity contribution in [2.75, 3.05) is 46.6 Å².